The molecule has 2 heteroatoms. The van der Waals surface area contributed by atoms with Gasteiger partial charge in [-0.15, -0.1) is 0 Å². The maximum Gasteiger partial charge on any atom is 0.0331 e. The highest BCUT2D eigenvalue weighted by Crippen LogP contribution is 2.38. The van der Waals surface area contributed by atoms with E-state index in [9.17, 15) is 0 Å². The largest absolute Gasteiger partial charge is 0.329 e. The van der Waals surface area contributed by atoms with Crippen molar-refractivity contribution in [2.45, 2.75) is 64.3 Å². The van der Waals surface area contributed by atoms with E-state index in [2.05, 4.69) is 18.7 Å². The molecular formula is C15H30N2. The molecule has 2 nitrogen and oxygen atoms in total. The van der Waals surface area contributed by atoms with Gasteiger partial charge in [-0.25, -0.2) is 0 Å². The summed E-state index contributed by atoms with van der Waals surface area (Å²) >= 11 is 0. The predicted molar refractivity (Wildman–Crippen MR) is 74.0 cm³/mol. The van der Waals surface area contributed by atoms with Crippen LogP contribution in [0.15, 0.2) is 0 Å². The number of hydrogen-bond acceptors (Lipinski definition) is 2. The van der Waals surface area contributed by atoms with Crippen molar-refractivity contribution >= 4 is 0 Å². The van der Waals surface area contributed by atoms with Gasteiger partial charge >= 0.3 is 0 Å². The van der Waals surface area contributed by atoms with E-state index < -0.39 is 0 Å². The third-order valence-electron chi connectivity index (χ3n) is 5.34. The second-order valence-electron chi connectivity index (χ2n) is 6.45. The van der Waals surface area contributed by atoms with Gasteiger partial charge in [0.15, 0.2) is 0 Å². The molecule has 2 aliphatic rings. The van der Waals surface area contributed by atoms with Crippen molar-refractivity contribution < 1.29 is 0 Å². The van der Waals surface area contributed by atoms with Crippen LogP contribution in [0.25, 0.3) is 0 Å². The fourth-order valence-corrected chi connectivity index (χ4v) is 3.59. The van der Waals surface area contributed by atoms with Crippen molar-refractivity contribution in [1.82, 2.24) is 4.90 Å². The summed E-state index contributed by atoms with van der Waals surface area (Å²) in [5.74, 6) is 1.88. The average Bonchev–Trinajstić information content (AvgIpc) is 2.30. The molecule has 2 fully saturated rings. The SMILES string of the molecule is CCN(CC1CCC1)C1(CN)CCC(C)CC1. The third-order valence-corrected chi connectivity index (χ3v) is 5.34. The normalized spacial score (nSPS) is 34.9. The zero-order valence-corrected chi connectivity index (χ0v) is 11.8. The smallest absolute Gasteiger partial charge is 0.0331 e. The third kappa shape index (κ3) is 2.85. The highest BCUT2D eigenvalue weighted by atomic mass is 15.2. The van der Waals surface area contributed by atoms with E-state index in [1.807, 2.05) is 0 Å². The second kappa shape index (κ2) is 5.71. The Balaban J connectivity index is 1.97. The summed E-state index contributed by atoms with van der Waals surface area (Å²) in [5, 5.41) is 0. The highest BCUT2D eigenvalue weighted by Gasteiger charge is 2.38. The Morgan fingerprint density at radius 2 is 1.82 bits per heavy atom. The quantitative estimate of drug-likeness (QED) is 0.798. The molecule has 2 saturated carbocycles. The fourth-order valence-electron chi connectivity index (χ4n) is 3.59. The lowest BCUT2D eigenvalue weighted by Crippen LogP contribution is -2.57. The van der Waals surface area contributed by atoms with Crippen LogP contribution in [-0.2, 0) is 0 Å². The van der Waals surface area contributed by atoms with Crippen LogP contribution in [-0.4, -0.2) is 30.1 Å². The van der Waals surface area contributed by atoms with Crippen molar-refractivity contribution in [3.63, 3.8) is 0 Å². The van der Waals surface area contributed by atoms with Gasteiger partial charge in [0.1, 0.15) is 0 Å². The Labute approximate surface area is 107 Å². The van der Waals surface area contributed by atoms with Gasteiger partial charge in [-0.3, -0.25) is 4.90 Å². The maximum absolute atomic E-state index is 6.15. The number of likely N-dealkylation sites (N-methyl/N-ethyl adjacent to an activating group) is 1. The monoisotopic (exact) mass is 238 g/mol. The van der Waals surface area contributed by atoms with E-state index in [4.69, 9.17) is 5.73 Å². The molecule has 2 N–H and O–H groups in total. The summed E-state index contributed by atoms with van der Waals surface area (Å²) in [7, 11) is 0. The fraction of sp³-hybridized carbons (Fsp3) is 1.00. The summed E-state index contributed by atoms with van der Waals surface area (Å²) < 4.78 is 0. The number of hydrogen-bond donors (Lipinski definition) is 1. The highest BCUT2D eigenvalue weighted by molar-refractivity contribution is 4.96. The average molecular weight is 238 g/mol. The molecule has 0 saturated heterocycles. The second-order valence-corrected chi connectivity index (χ2v) is 6.45. The van der Waals surface area contributed by atoms with Gasteiger partial charge < -0.3 is 5.73 Å². The maximum atomic E-state index is 6.15. The molecule has 0 aromatic heterocycles. The Kier molecular flexibility index (Phi) is 4.48. The lowest BCUT2D eigenvalue weighted by Gasteiger charge is -2.49. The van der Waals surface area contributed by atoms with E-state index in [1.54, 1.807) is 0 Å². The molecular weight excluding hydrogens is 208 g/mol. The van der Waals surface area contributed by atoms with Crippen LogP contribution >= 0.6 is 0 Å². The zero-order valence-electron chi connectivity index (χ0n) is 11.8. The van der Waals surface area contributed by atoms with Gasteiger partial charge in [0.2, 0.25) is 0 Å². The van der Waals surface area contributed by atoms with E-state index in [1.165, 1.54) is 58.0 Å². The van der Waals surface area contributed by atoms with Crippen LogP contribution in [0.5, 0.6) is 0 Å². The molecule has 0 atom stereocenters. The Bertz CT molecular complexity index is 227. The summed E-state index contributed by atoms with van der Waals surface area (Å²) in [6.07, 6.45) is 9.75. The number of nitrogens with two attached hydrogens (primary N) is 1. The predicted octanol–water partition coefficient (Wildman–Crippen LogP) is 3.02. The molecule has 0 aliphatic heterocycles. The minimum atomic E-state index is 0.344. The van der Waals surface area contributed by atoms with Gasteiger partial charge in [0, 0.05) is 18.6 Å². The number of nitrogens with zero attached hydrogens (tertiary/aromatic N) is 1. The van der Waals surface area contributed by atoms with Gasteiger partial charge in [0.05, 0.1) is 0 Å². The van der Waals surface area contributed by atoms with Crippen molar-refractivity contribution in [2.75, 3.05) is 19.6 Å². The first kappa shape index (κ1) is 13.4. The van der Waals surface area contributed by atoms with Crippen LogP contribution in [0.3, 0.4) is 0 Å². The van der Waals surface area contributed by atoms with Gasteiger partial charge in [0.25, 0.3) is 0 Å². The van der Waals surface area contributed by atoms with Gasteiger partial charge in [-0.1, -0.05) is 20.3 Å². The Hall–Kier alpha value is -0.0800. The molecule has 2 rings (SSSR count). The first-order valence-corrected chi connectivity index (χ1v) is 7.65. The van der Waals surface area contributed by atoms with Crippen molar-refractivity contribution in [1.29, 1.82) is 0 Å². The Morgan fingerprint density at radius 3 is 2.24 bits per heavy atom. The van der Waals surface area contributed by atoms with Crippen molar-refractivity contribution in [3.8, 4) is 0 Å². The van der Waals surface area contributed by atoms with Crippen molar-refractivity contribution in [2.24, 2.45) is 17.6 Å². The van der Waals surface area contributed by atoms with Crippen LogP contribution in [0.2, 0.25) is 0 Å². The topological polar surface area (TPSA) is 29.3 Å². The lowest BCUT2D eigenvalue weighted by molar-refractivity contribution is 0.0248. The molecule has 0 amide bonds. The molecule has 17 heavy (non-hydrogen) atoms. The summed E-state index contributed by atoms with van der Waals surface area (Å²) in [5.41, 5.74) is 6.50. The van der Waals surface area contributed by atoms with Crippen LogP contribution in [0.1, 0.15) is 58.8 Å². The van der Waals surface area contributed by atoms with E-state index in [0.29, 0.717) is 5.54 Å². The molecule has 0 spiro atoms. The molecule has 0 unspecified atom stereocenters. The molecule has 0 radical (unpaired) electrons. The standard InChI is InChI=1S/C15H30N2/c1-3-17(11-14-5-4-6-14)15(12-16)9-7-13(2)8-10-15/h13-14H,3-12,16H2,1-2H3. The minimum absolute atomic E-state index is 0.344. The summed E-state index contributed by atoms with van der Waals surface area (Å²) in [4.78, 5) is 2.72. The molecule has 0 aromatic carbocycles. The van der Waals surface area contributed by atoms with Crippen LogP contribution < -0.4 is 5.73 Å². The van der Waals surface area contributed by atoms with E-state index >= 15 is 0 Å². The molecule has 100 valence electrons. The summed E-state index contributed by atoms with van der Waals surface area (Å²) in [6.45, 7) is 8.06. The molecule has 0 aromatic rings. The first-order chi connectivity index (χ1) is 8.20. The Morgan fingerprint density at radius 1 is 1.18 bits per heavy atom. The number of rotatable bonds is 5. The van der Waals surface area contributed by atoms with E-state index in [0.717, 1.165) is 18.4 Å². The van der Waals surface area contributed by atoms with Crippen molar-refractivity contribution in [3.05, 3.63) is 0 Å². The molecule has 0 heterocycles. The van der Waals surface area contributed by atoms with Crippen LogP contribution in [0, 0.1) is 11.8 Å². The van der Waals surface area contributed by atoms with Gasteiger partial charge in [-0.2, -0.15) is 0 Å². The zero-order chi connectivity index (χ0) is 12.3. The minimum Gasteiger partial charge on any atom is -0.329 e. The molecule has 0 bridgehead atoms. The van der Waals surface area contributed by atoms with Crippen LogP contribution in [0.4, 0.5) is 0 Å². The van der Waals surface area contributed by atoms with Gasteiger partial charge in [-0.05, 0) is 56.9 Å². The lowest BCUT2D eigenvalue weighted by atomic mass is 9.74. The van der Waals surface area contributed by atoms with E-state index in [-0.39, 0.29) is 0 Å². The molecule has 2 aliphatic carbocycles. The summed E-state index contributed by atoms with van der Waals surface area (Å²) in [6, 6.07) is 0. The first-order valence-electron chi connectivity index (χ1n) is 7.65.